The summed E-state index contributed by atoms with van der Waals surface area (Å²) in [5.74, 6) is 0.889. The minimum Gasteiger partial charge on any atom is -0.378 e. The molecule has 0 aliphatic carbocycles. The van der Waals surface area contributed by atoms with Crippen molar-refractivity contribution in [2.24, 2.45) is 0 Å². The maximum Gasteiger partial charge on any atom is 0.142 e. The van der Waals surface area contributed by atoms with Crippen LogP contribution in [0, 0.1) is 0 Å². The van der Waals surface area contributed by atoms with E-state index in [2.05, 4.69) is 27.1 Å². The van der Waals surface area contributed by atoms with Gasteiger partial charge in [0.1, 0.15) is 5.82 Å². The first-order chi connectivity index (χ1) is 8.90. The van der Waals surface area contributed by atoms with Crippen LogP contribution in [0.2, 0.25) is 0 Å². The average molecular weight is 250 g/mol. The number of morpholine rings is 1. The second-order valence-corrected chi connectivity index (χ2v) is 4.57. The van der Waals surface area contributed by atoms with Gasteiger partial charge in [-0.2, -0.15) is 0 Å². The van der Waals surface area contributed by atoms with Crippen LogP contribution >= 0.6 is 0 Å². The number of rotatable bonds is 6. The molecule has 0 amide bonds. The molecule has 5 heteroatoms. The zero-order chi connectivity index (χ0) is 12.6. The molecule has 0 aromatic carbocycles. The summed E-state index contributed by atoms with van der Waals surface area (Å²) in [6, 6.07) is 2.28. The highest BCUT2D eigenvalue weighted by Crippen LogP contribution is 2.09. The van der Waals surface area contributed by atoms with Gasteiger partial charge in [-0.05, 0) is 19.0 Å². The molecule has 18 heavy (non-hydrogen) atoms. The third kappa shape index (κ3) is 4.01. The fourth-order valence-corrected chi connectivity index (χ4v) is 2.12. The van der Waals surface area contributed by atoms with E-state index < -0.39 is 0 Å². The monoisotopic (exact) mass is 250 g/mol. The Balaban J connectivity index is 1.87. The Morgan fingerprint density at radius 3 is 3.06 bits per heavy atom. The number of nitrogens with one attached hydrogen (secondary N) is 1. The van der Waals surface area contributed by atoms with E-state index in [0.29, 0.717) is 6.04 Å². The zero-order valence-electron chi connectivity index (χ0n) is 11.0. The third-order valence-electron chi connectivity index (χ3n) is 3.12. The van der Waals surface area contributed by atoms with Crippen molar-refractivity contribution in [2.75, 3.05) is 32.8 Å². The first-order valence-electron chi connectivity index (χ1n) is 6.68. The van der Waals surface area contributed by atoms with Gasteiger partial charge in [-0.3, -0.25) is 4.90 Å². The van der Waals surface area contributed by atoms with E-state index in [-0.39, 0.29) is 0 Å². The minimum absolute atomic E-state index is 0.425. The fraction of sp³-hybridized carbons (Fsp3) is 0.692. The van der Waals surface area contributed by atoms with Crippen molar-refractivity contribution in [1.29, 1.82) is 0 Å². The second-order valence-electron chi connectivity index (χ2n) is 4.57. The maximum absolute atomic E-state index is 5.56. The van der Waals surface area contributed by atoms with E-state index in [1.165, 1.54) is 0 Å². The molecule has 1 atom stereocenters. The maximum atomic E-state index is 5.56. The van der Waals surface area contributed by atoms with Crippen LogP contribution in [0.1, 0.15) is 19.2 Å². The summed E-state index contributed by atoms with van der Waals surface area (Å²) in [6.45, 7) is 7.58. The highest BCUT2D eigenvalue weighted by atomic mass is 16.5. The Kier molecular flexibility index (Phi) is 5.51. The van der Waals surface area contributed by atoms with Gasteiger partial charge in [-0.15, -0.1) is 0 Å². The summed E-state index contributed by atoms with van der Waals surface area (Å²) in [4.78, 5) is 11.0. The standard InChI is InChI=1S/C13H22N4O/c1-2-4-14-9-12-11-18-8-7-17(12)10-13-15-5-3-6-16-13/h3,5-6,12,14H,2,4,7-11H2,1H3. The summed E-state index contributed by atoms with van der Waals surface area (Å²) in [5, 5.41) is 3.46. The molecule has 0 bridgehead atoms. The molecule has 2 heterocycles. The van der Waals surface area contributed by atoms with Crippen molar-refractivity contribution in [1.82, 2.24) is 20.2 Å². The zero-order valence-corrected chi connectivity index (χ0v) is 11.0. The highest BCUT2D eigenvalue weighted by molar-refractivity contribution is 4.90. The van der Waals surface area contributed by atoms with Crippen molar-refractivity contribution < 1.29 is 4.74 Å². The van der Waals surface area contributed by atoms with Crippen LogP contribution in [0.3, 0.4) is 0 Å². The Hall–Kier alpha value is -1.04. The van der Waals surface area contributed by atoms with Crippen LogP contribution in [-0.2, 0) is 11.3 Å². The van der Waals surface area contributed by atoms with E-state index in [1.807, 2.05) is 6.07 Å². The lowest BCUT2D eigenvalue weighted by Crippen LogP contribution is -2.50. The number of hydrogen-bond donors (Lipinski definition) is 1. The summed E-state index contributed by atoms with van der Waals surface area (Å²) in [5.41, 5.74) is 0. The average Bonchev–Trinajstić information content (AvgIpc) is 2.42. The van der Waals surface area contributed by atoms with Gasteiger partial charge in [0.05, 0.1) is 19.8 Å². The Morgan fingerprint density at radius 2 is 2.28 bits per heavy atom. The molecule has 100 valence electrons. The van der Waals surface area contributed by atoms with Gasteiger partial charge in [-0.1, -0.05) is 6.92 Å². The summed E-state index contributed by atoms with van der Waals surface area (Å²) in [7, 11) is 0. The van der Waals surface area contributed by atoms with Crippen LogP contribution in [0.15, 0.2) is 18.5 Å². The third-order valence-corrected chi connectivity index (χ3v) is 3.12. The Morgan fingerprint density at radius 1 is 1.44 bits per heavy atom. The summed E-state index contributed by atoms with van der Waals surface area (Å²) >= 11 is 0. The van der Waals surface area contributed by atoms with Gasteiger partial charge in [0.2, 0.25) is 0 Å². The molecule has 1 aromatic rings. The molecule has 0 spiro atoms. The minimum atomic E-state index is 0.425. The fourth-order valence-electron chi connectivity index (χ4n) is 2.12. The van der Waals surface area contributed by atoms with Crippen LogP contribution in [0.5, 0.6) is 0 Å². The number of ether oxygens (including phenoxy) is 1. The smallest absolute Gasteiger partial charge is 0.142 e. The van der Waals surface area contributed by atoms with E-state index in [1.54, 1.807) is 12.4 Å². The lowest BCUT2D eigenvalue weighted by molar-refractivity contribution is -0.0119. The van der Waals surface area contributed by atoms with Crippen molar-refractivity contribution in [3.63, 3.8) is 0 Å². The van der Waals surface area contributed by atoms with Crippen molar-refractivity contribution in [2.45, 2.75) is 25.9 Å². The number of hydrogen-bond acceptors (Lipinski definition) is 5. The topological polar surface area (TPSA) is 50.3 Å². The van der Waals surface area contributed by atoms with Gasteiger partial charge < -0.3 is 10.1 Å². The molecule has 5 nitrogen and oxygen atoms in total. The SMILES string of the molecule is CCCNCC1COCCN1Cc1ncccn1. The van der Waals surface area contributed by atoms with Crippen LogP contribution in [0.4, 0.5) is 0 Å². The molecule has 1 N–H and O–H groups in total. The lowest BCUT2D eigenvalue weighted by Gasteiger charge is -2.35. The van der Waals surface area contributed by atoms with Crippen LogP contribution in [-0.4, -0.2) is 53.8 Å². The summed E-state index contributed by atoms with van der Waals surface area (Å²) < 4.78 is 5.56. The molecule has 1 fully saturated rings. The van der Waals surface area contributed by atoms with E-state index in [0.717, 1.165) is 51.6 Å². The number of aromatic nitrogens is 2. The van der Waals surface area contributed by atoms with Crippen molar-refractivity contribution >= 4 is 0 Å². The van der Waals surface area contributed by atoms with E-state index >= 15 is 0 Å². The first kappa shape index (κ1) is 13.4. The number of nitrogens with zero attached hydrogens (tertiary/aromatic N) is 3. The van der Waals surface area contributed by atoms with Crippen molar-refractivity contribution in [3.8, 4) is 0 Å². The van der Waals surface area contributed by atoms with Gasteiger partial charge >= 0.3 is 0 Å². The van der Waals surface area contributed by atoms with E-state index in [9.17, 15) is 0 Å². The van der Waals surface area contributed by atoms with Gasteiger partial charge in [0.15, 0.2) is 0 Å². The van der Waals surface area contributed by atoms with Gasteiger partial charge in [0.25, 0.3) is 0 Å². The first-order valence-corrected chi connectivity index (χ1v) is 6.68. The molecule has 1 unspecified atom stereocenters. The Labute approximate surface area is 109 Å². The predicted octanol–water partition coefficient (Wildman–Crippen LogP) is 0.677. The predicted molar refractivity (Wildman–Crippen MR) is 70.2 cm³/mol. The van der Waals surface area contributed by atoms with Gasteiger partial charge in [0, 0.05) is 31.5 Å². The van der Waals surface area contributed by atoms with Gasteiger partial charge in [-0.25, -0.2) is 9.97 Å². The quantitative estimate of drug-likeness (QED) is 0.752. The highest BCUT2D eigenvalue weighted by Gasteiger charge is 2.23. The normalized spacial score (nSPS) is 21.1. The largest absolute Gasteiger partial charge is 0.378 e. The van der Waals surface area contributed by atoms with Crippen LogP contribution < -0.4 is 5.32 Å². The molecule has 0 radical (unpaired) electrons. The molecule has 0 saturated carbocycles. The Bertz CT molecular complexity index is 333. The molecule has 1 aliphatic rings. The summed E-state index contributed by atoms with van der Waals surface area (Å²) in [6.07, 6.45) is 4.76. The van der Waals surface area contributed by atoms with E-state index in [4.69, 9.17) is 4.74 Å². The molecule has 2 rings (SSSR count). The molecular weight excluding hydrogens is 228 g/mol. The molecule has 1 aliphatic heterocycles. The van der Waals surface area contributed by atoms with Crippen LogP contribution in [0.25, 0.3) is 0 Å². The molecule has 1 saturated heterocycles. The molecule has 1 aromatic heterocycles. The lowest BCUT2D eigenvalue weighted by atomic mass is 10.2. The second kappa shape index (κ2) is 7.41. The molecular formula is C13H22N4O. The van der Waals surface area contributed by atoms with Crippen molar-refractivity contribution in [3.05, 3.63) is 24.3 Å².